The quantitative estimate of drug-likeness (QED) is 0.463. The van der Waals surface area contributed by atoms with Crippen LogP contribution in [0.5, 0.6) is 5.75 Å². The van der Waals surface area contributed by atoms with Crippen molar-refractivity contribution in [2.45, 2.75) is 0 Å². The molecular weight excluding hydrogens is 248 g/mol. The normalized spacial score (nSPS) is 10.7. The standard InChI is InChI=1S/C13H14N2O2S/c1-15(2)8-12(18-9-14)13(16)10-4-6-11(17-3)7-5-10/h4-8H,1-3H3/b12-8-. The molecule has 0 fully saturated rings. The second-order valence-electron chi connectivity index (χ2n) is 3.71. The maximum atomic E-state index is 12.2. The van der Waals surface area contributed by atoms with E-state index in [1.165, 1.54) is 0 Å². The SMILES string of the molecule is COc1ccc(C(=O)/C(=C/N(C)C)SC#N)cc1. The number of Topliss-reactive ketones (excluding diaryl/α,β-unsaturated/α-hetero) is 1. The third-order valence-electron chi connectivity index (χ3n) is 2.11. The number of methoxy groups -OCH3 is 1. The maximum absolute atomic E-state index is 12.2. The smallest absolute Gasteiger partial charge is 0.201 e. The Morgan fingerprint density at radius 1 is 1.39 bits per heavy atom. The number of benzene rings is 1. The van der Waals surface area contributed by atoms with Crippen molar-refractivity contribution in [2.75, 3.05) is 21.2 Å². The molecule has 0 atom stereocenters. The van der Waals surface area contributed by atoms with Gasteiger partial charge in [0.1, 0.15) is 11.2 Å². The zero-order valence-corrected chi connectivity index (χ0v) is 11.3. The van der Waals surface area contributed by atoms with E-state index in [2.05, 4.69) is 0 Å². The van der Waals surface area contributed by atoms with Crippen LogP contribution in [0.4, 0.5) is 0 Å². The summed E-state index contributed by atoms with van der Waals surface area (Å²) in [6, 6.07) is 6.81. The lowest BCUT2D eigenvalue weighted by Gasteiger charge is -2.08. The summed E-state index contributed by atoms with van der Waals surface area (Å²) in [7, 11) is 5.18. The highest BCUT2D eigenvalue weighted by Gasteiger charge is 2.13. The van der Waals surface area contributed by atoms with Crippen LogP contribution in [0.1, 0.15) is 10.4 Å². The molecule has 1 aromatic carbocycles. The summed E-state index contributed by atoms with van der Waals surface area (Å²) in [4.78, 5) is 14.3. The first kappa shape index (κ1) is 14.1. The largest absolute Gasteiger partial charge is 0.497 e. The molecule has 1 aromatic rings. The fourth-order valence-electron chi connectivity index (χ4n) is 1.30. The van der Waals surface area contributed by atoms with Crippen molar-refractivity contribution in [3.8, 4) is 11.2 Å². The van der Waals surface area contributed by atoms with Gasteiger partial charge in [0.05, 0.1) is 12.0 Å². The molecule has 0 radical (unpaired) electrons. The van der Waals surface area contributed by atoms with Crippen LogP contribution in [0.15, 0.2) is 35.4 Å². The van der Waals surface area contributed by atoms with Crippen LogP contribution in [0.3, 0.4) is 0 Å². The minimum Gasteiger partial charge on any atom is -0.497 e. The summed E-state index contributed by atoms with van der Waals surface area (Å²) < 4.78 is 5.03. The van der Waals surface area contributed by atoms with Crippen molar-refractivity contribution in [1.82, 2.24) is 4.90 Å². The number of carbonyl (C=O) groups is 1. The molecule has 0 spiro atoms. The number of nitrogens with zero attached hydrogens (tertiary/aromatic N) is 2. The van der Waals surface area contributed by atoms with E-state index in [9.17, 15) is 4.79 Å². The van der Waals surface area contributed by atoms with Crippen LogP contribution in [0.25, 0.3) is 0 Å². The van der Waals surface area contributed by atoms with Crippen molar-refractivity contribution in [3.63, 3.8) is 0 Å². The molecule has 0 aliphatic heterocycles. The van der Waals surface area contributed by atoms with Gasteiger partial charge in [-0.3, -0.25) is 4.79 Å². The number of ether oxygens (including phenoxy) is 1. The second kappa shape index (κ2) is 6.72. The number of carbonyl (C=O) groups excluding carboxylic acids is 1. The van der Waals surface area contributed by atoms with E-state index in [4.69, 9.17) is 10.00 Å². The average molecular weight is 262 g/mol. The molecule has 0 aliphatic rings. The first-order valence-corrected chi connectivity index (χ1v) is 6.03. The van der Waals surface area contributed by atoms with Crippen LogP contribution in [0, 0.1) is 10.7 Å². The summed E-state index contributed by atoms with van der Waals surface area (Å²) in [6.45, 7) is 0. The van der Waals surface area contributed by atoms with Gasteiger partial charge in [0, 0.05) is 25.9 Å². The fourth-order valence-corrected chi connectivity index (χ4v) is 1.87. The molecule has 0 bridgehead atoms. The Labute approximate surface area is 111 Å². The van der Waals surface area contributed by atoms with Gasteiger partial charge in [0.25, 0.3) is 0 Å². The Kier molecular flexibility index (Phi) is 5.28. The van der Waals surface area contributed by atoms with Crippen molar-refractivity contribution in [3.05, 3.63) is 40.9 Å². The highest BCUT2D eigenvalue weighted by Crippen LogP contribution is 2.21. The van der Waals surface area contributed by atoms with Gasteiger partial charge in [0.15, 0.2) is 0 Å². The molecule has 0 heterocycles. The van der Waals surface area contributed by atoms with Crippen LogP contribution < -0.4 is 4.74 Å². The molecule has 18 heavy (non-hydrogen) atoms. The molecule has 0 N–H and O–H groups in total. The molecule has 0 saturated heterocycles. The molecule has 0 aromatic heterocycles. The van der Waals surface area contributed by atoms with E-state index < -0.39 is 0 Å². The average Bonchev–Trinajstić information content (AvgIpc) is 2.37. The van der Waals surface area contributed by atoms with Gasteiger partial charge in [-0.2, -0.15) is 5.26 Å². The van der Waals surface area contributed by atoms with E-state index >= 15 is 0 Å². The van der Waals surface area contributed by atoms with Gasteiger partial charge < -0.3 is 9.64 Å². The number of thiocyanates is 1. The minimum atomic E-state index is -0.169. The summed E-state index contributed by atoms with van der Waals surface area (Å²) in [5.74, 6) is 0.524. The van der Waals surface area contributed by atoms with E-state index in [1.807, 2.05) is 5.40 Å². The van der Waals surface area contributed by atoms with Crippen molar-refractivity contribution < 1.29 is 9.53 Å². The van der Waals surface area contributed by atoms with Gasteiger partial charge in [-0.25, -0.2) is 0 Å². The molecule has 0 unspecified atom stereocenters. The van der Waals surface area contributed by atoms with Crippen LogP contribution in [-0.2, 0) is 0 Å². The van der Waals surface area contributed by atoms with E-state index in [0.29, 0.717) is 16.2 Å². The number of ketones is 1. The predicted octanol–water partition coefficient (Wildman–Crippen LogP) is 2.50. The highest BCUT2D eigenvalue weighted by atomic mass is 32.2. The Hall–Kier alpha value is -1.93. The molecule has 5 heteroatoms. The molecule has 0 aliphatic carbocycles. The predicted molar refractivity (Wildman–Crippen MR) is 72.3 cm³/mol. The van der Waals surface area contributed by atoms with Crippen molar-refractivity contribution in [2.24, 2.45) is 0 Å². The zero-order chi connectivity index (χ0) is 13.5. The molecule has 1 rings (SSSR count). The molecular formula is C13H14N2O2S. The summed E-state index contributed by atoms with van der Waals surface area (Å²) in [6.07, 6.45) is 1.64. The minimum absolute atomic E-state index is 0.169. The van der Waals surface area contributed by atoms with E-state index in [0.717, 1.165) is 11.8 Å². The van der Waals surface area contributed by atoms with Gasteiger partial charge in [-0.15, -0.1) is 0 Å². The Bertz CT molecular complexity index is 487. The first-order chi connectivity index (χ1) is 8.58. The third kappa shape index (κ3) is 3.82. The van der Waals surface area contributed by atoms with Crippen molar-refractivity contribution in [1.29, 1.82) is 5.26 Å². The lowest BCUT2D eigenvalue weighted by Crippen LogP contribution is -2.07. The van der Waals surface area contributed by atoms with Gasteiger partial charge in [-0.1, -0.05) is 0 Å². The third-order valence-corrected chi connectivity index (χ3v) is 2.71. The van der Waals surface area contributed by atoms with E-state index in [1.54, 1.807) is 56.6 Å². The van der Waals surface area contributed by atoms with Crippen molar-refractivity contribution >= 4 is 17.5 Å². The maximum Gasteiger partial charge on any atom is 0.201 e. The lowest BCUT2D eigenvalue weighted by molar-refractivity contribution is 0.104. The Morgan fingerprint density at radius 2 is 2.00 bits per heavy atom. The number of hydrogen-bond donors (Lipinski definition) is 0. The van der Waals surface area contributed by atoms with Crippen LogP contribution in [0.2, 0.25) is 0 Å². The number of rotatable bonds is 5. The van der Waals surface area contributed by atoms with Gasteiger partial charge in [0.2, 0.25) is 5.78 Å². The fraction of sp³-hybridized carbons (Fsp3) is 0.231. The number of thioether (sulfide) groups is 1. The molecule has 4 nitrogen and oxygen atoms in total. The summed E-state index contributed by atoms with van der Waals surface area (Å²) >= 11 is 0.862. The topological polar surface area (TPSA) is 53.3 Å². The lowest BCUT2D eigenvalue weighted by atomic mass is 10.1. The monoisotopic (exact) mass is 262 g/mol. The van der Waals surface area contributed by atoms with E-state index in [-0.39, 0.29) is 5.78 Å². The van der Waals surface area contributed by atoms with Gasteiger partial charge >= 0.3 is 0 Å². The number of nitriles is 1. The molecule has 0 saturated carbocycles. The number of allylic oxidation sites excluding steroid dienone is 1. The molecule has 94 valence electrons. The highest BCUT2D eigenvalue weighted by molar-refractivity contribution is 8.08. The zero-order valence-electron chi connectivity index (χ0n) is 10.5. The van der Waals surface area contributed by atoms with Crippen LogP contribution in [-0.4, -0.2) is 31.9 Å². The molecule has 0 amide bonds. The summed E-state index contributed by atoms with van der Waals surface area (Å²) in [5.41, 5.74) is 0.534. The summed E-state index contributed by atoms with van der Waals surface area (Å²) in [5, 5.41) is 10.6. The second-order valence-corrected chi connectivity index (χ2v) is 4.53. The Morgan fingerprint density at radius 3 is 2.44 bits per heavy atom. The van der Waals surface area contributed by atoms with Gasteiger partial charge in [-0.05, 0) is 36.0 Å². The Balaban J connectivity index is 2.99. The van der Waals surface area contributed by atoms with Crippen LogP contribution >= 0.6 is 11.8 Å². The number of hydrogen-bond acceptors (Lipinski definition) is 5. The first-order valence-electron chi connectivity index (χ1n) is 5.21.